The molecule has 0 unspecified atom stereocenters. The zero-order valence-electron chi connectivity index (χ0n) is 12.5. The van der Waals surface area contributed by atoms with E-state index < -0.39 is 0 Å². The third-order valence-corrected chi connectivity index (χ3v) is 2.97. The van der Waals surface area contributed by atoms with Crippen molar-refractivity contribution in [3.8, 4) is 0 Å². The molecule has 1 aromatic heterocycles. The largest absolute Gasteiger partial charge is 0.370 e. The minimum absolute atomic E-state index is 0.178. The lowest BCUT2D eigenvalue weighted by Crippen LogP contribution is -2.14. The second-order valence-corrected chi connectivity index (χ2v) is 6.12. The van der Waals surface area contributed by atoms with Gasteiger partial charge in [-0.25, -0.2) is 4.98 Å². The molecule has 0 saturated carbocycles. The Hall–Kier alpha value is -1.09. The molecule has 0 aliphatic carbocycles. The zero-order chi connectivity index (χ0) is 13.6. The van der Waals surface area contributed by atoms with Gasteiger partial charge in [0.15, 0.2) is 0 Å². The molecule has 0 fully saturated rings. The van der Waals surface area contributed by atoms with Gasteiger partial charge in [-0.1, -0.05) is 26.8 Å². The summed E-state index contributed by atoms with van der Waals surface area (Å²) in [5.41, 5.74) is 1.46. The van der Waals surface area contributed by atoms with Gasteiger partial charge in [-0.15, -0.1) is 0 Å². The van der Waals surface area contributed by atoms with Crippen molar-refractivity contribution < 1.29 is 0 Å². The normalized spacial score (nSPS) is 11.9. The van der Waals surface area contributed by atoms with Crippen LogP contribution in [0, 0.1) is 0 Å². The minimum atomic E-state index is 0.178. The van der Waals surface area contributed by atoms with Gasteiger partial charge in [-0.05, 0) is 50.5 Å². The summed E-state index contributed by atoms with van der Waals surface area (Å²) < 4.78 is 0. The van der Waals surface area contributed by atoms with Crippen LogP contribution in [0.1, 0.15) is 39.2 Å². The molecule has 0 atom stereocenters. The van der Waals surface area contributed by atoms with Gasteiger partial charge in [0.1, 0.15) is 5.82 Å². The highest BCUT2D eigenvalue weighted by molar-refractivity contribution is 5.36. The predicted molar refractivity (Wildman–Crippen MR) is 79.2 cm³/mol. The summed E-state index contributed by atoms with van der Waals surface area (Å²) in [6, 6.07) is 4.24. The van der Waals surface area contributed by atoms with E-state index in [9.17, 15) is 0 Å². The van der Waals surface area contributed by atoms with Crippen LogP contribution in [0.25, 0.3) is 0 Å². The fourth-order valence-corrected chi connectivity index (χ4v) is 1.71. The van der Waals surface area contributed by atoms with E-state index in [4.69, 9.17) is 0 Å². The van der Waals surface area contributed by atoms with Crippen molar-refractivity contribution in [1.29, 1.82) is 0 Å². The molecule has 102 valence electrons. The van der Waals surface area contributed by atoms with Crippen LogP contribution in [0.5, 0.6) is 0 Å². The lowest BCUT2D eigenvalue weighted by Gasteiger charge is -2.18. The molecule has 0 bridgehead atoms. The summed E-state index contributed by atoms with van der Waals surface area (Å²) in [6.45, 7) is 8.77. The molecular weight excluding hydrogens is 222 g/mol. The smallest absolute Gasteiger partial charge is 0.125 e. The molecule has 1 N–H and O–H groups in total. The van der Waals surface area contributed by atoms with Crippen molar-refractivity contribution >= 4 is 5.82 Å². The van der Waals surface area contributed by atoms with Gasteiger partial charge < -0.3 is 10.2 Å². The number of anilines is 1. The van der Waals surface area contributed by atoms with Gasteiger partial charge in [-0.3, -0.25) is 0 Å². The van der Waals surface area contributed by atoms with Crippen LogP contribution in [0.2, 0.25) is 0 Å². The number of rotatable bonds is 6. The summed E-state index contributed by atoms with van der Waals surface area (Å²) in [4.78, 5) is 6.67. The van der Waals surface area contributed by atoms with E-state index in [1.165, 1.54) is 18.4 Å². The second-order valence-electron chi connectivity index (χ2n) is 6.12. The maximum absolute atomic E-state index is 4.46. The van der Waals surface area contributed by atoms with Gasteiger partial charge in [0, 0.05) is 12.7 Å². The number of nitrogens with zero attached hydrogens (tertiary/aromatic N) is 2. The maximum atomic E-state index is 4.46. The van der Waals surface area contributed by atoms with Crippen molar-refractivity contribution in [2.45, 2.75) is 39.0 Å². The molecule has 0 amide bonds. The first-order chi connectivity index (χ1) is 8.39. The zero-order valence-corrected chi connectivity index (χ0v) is 12.5. The van der Waals surface area contributed by atoms with Crippen LogP contribution in [-0.2, 0) is 5.41 Å². The Labute approximate surface area is 112 Å². The first-order valence-corrected chi connectivity index (χ1v) is 6.75. The summed E-state index contributed by atoms with van der Waals surface area (Å²) in [5, 5.41) is 3.37. The van der Waals surface area contributed by atoms with Crippen LogP contribution in [-0.4, -0.2) is 37.1 Å². The van der Waals surface area contributed by atoms with E-state index in [0.29, 0.717) is 0 Å². The van der Waals surface area contributed by atoms with Gasteiger partial charge in [0.2, 0.25) is 0 Å². The summed E-state index contributed by atoms with van der Waals surface area (Å²) >= 11 is 0. The first-order valence-electron chi connectivity index (χ1n) is 6.75. The summed E-state index contributed by atoms with van der Waals surface area (Å²) in [5.74, 6) is 0.979. The Kier molecular flexibility index (Phi) is 5.60. The molecule has 0 aromatic carbocycles. The Balaban J connectivity index is 2.31. The lowest BCUT2D eigenvalue weighted by atomic mass is 9.88. The van der Waals surface area contributed by atoms with E-state index in [1.807, 2.05) is 6.20 Å². The third kappa shape index (κ3) is 5.50. The monoisotopic (exact) mass is 249 g/mol. The molecule has 0 spiro atoms. The number of pyridine rings is 1. The van der Waals surface area contributed by atoms with Crippen molar-refractivity contribution in [3.63, 3.8) is 0 Å². The molecule has 0 radical (unpaired) electrons. The molecular formula is C15H27N3. The predicted octanol–water partition coefficient (Wildman–Crippen LogP) is 3.13. The molecule has 1 rings (SSSR count). The molecule has 3 heteroatoms. The highest BCUT2D eigenvalue weighted by Crippen LogP contribution is 2.21. The van der Waals surface area contributed by atoms with Gasteiger partial charge in [0.25, 0.3) is 0 Å². The quantitative estimate of drug-likeness (QED) is 0.785. The van der Waals surface area contributed by atoms with Gasteiger partial charge in [0.05, 0.1) is 0 Å². The average molecular weight is 249 g/mol. The summed E-state index contributed by atoms with van der Waals surface area (Å²) in [6.07, 6.45) is 4.38. The van der Waals surface area contributed by atoms with E-state index in [1.54, 1.807) is 0 Å². The van der Waals surface area contributed by atoms with Crippen molar-refractivity contribution in [2.75, 3.05) is 32.5 Å². The number of hydrogen-bond acceptors (Lipinski definition) is 3. The molecule has 1 aromatic rings. The fraction of sp³-hybridized carbons (Fsp3) is 0.667. The Morgan fingerprint density at radius 2 is 1.89 bits per heavy atom. The van der Waals surface area contributed by atoms with E-state index in [2.05, 4.69) is 62.2 Å². The van der Waals surface area contributed by atoms with Crippen LogP contribution >= 0.6 is 0 Å². The third-order valence-electron chi connectivity index (χ3n) is 2.97. The van der Waals surface area contributed by atoms with E-state index in [-0.39, 0.29) is 5.41 Å². The molecule has 18 heavy (non-hydrogen) atoms. The second kappa shape index (κ2) is 6.74. The Morgan fingerprint density at radius 1 is 1.17 bits per heavy atom. The SMILES string of the molecule is CN(C)CCCCNc1ccc(C(C)(C)C)cn1. The molecule has 0 aliphatic heterocycles. The minimum Gasteiger partial charge on any atom is -0.370 e. The molecule has 0 aliphatic rings. The van der Waals surface area contributed by atoms with Crippen molar-refractivity contribution in [1.82, 2.24) is 9.88 Å². The van der Waals surface area contributed by atoms with Crippen LogP contribution in [0.3, 0.4) is 0 Å². The lowest BCUT2D eigenvalue weighted by molar-refractivity contribution is 0.396. The van der Waals surface area contributed by atoms with Crippen molar-refractivity contribution in [2.24, 2.45) is 0 Å². The highest BCUT2D eigenvalue weighted by Gasteiger charge is 2.13. The summed E-state index contributed by atoms with van der Waals surface area (Å²) in [7, 11) is 4.22. The molecule has 0 saturated heterocycles. The van der Waals surface area contributed by atoms with Crippen LogP contribution < -0.4 is 5.32 Å². The number of nitrogens with one attached hydrogen (secondary N) is 1. The molecule has 1 heterocycles. The topological polar surface area (TPSA) is 28.2 Å². The standard InChI is InChI=1S/C15H27N3/c1-15(2,3)13-8-9-14(17-12-13)16-10-6-7-11-18(4)5/h8-9,12H,6-7,10-11H2,1-5H3,(H,16,17). The number of hydrogen-bond donors (Lipinski definition) is 1. The van der Waals surface area contributed by atoms with E-state index >= 15 is 0 Å². The Morgan fingerprint density at radius 3 is 2.39 bits per heavy atom. The number of aromatic nitrogens is 1. The maximum Gasteiger partial charge on any atom is 0.125 e. The first kappa shape index (κ1) is 15.0. The van der Waals surface area contributed by atoms with Crippen LogP contribution in [0.4, 0.5) is 5.82 Å². The van der Waals surface area contributed by atoms with Crippen LogP contribution in [0.15, 0.2) is 18.3 Å². The van der Waals surface area contributed by atoms with Gasteiger partial charge >= 0.3 is 0 Å². The highest BCUT2D eigenvalue weighted by atomic mass is 15.0. The Bertz CT molecular complexity index is 336. The van der Waals surface area contributed by atoms with E-state index in [0.717, 1.165) is 18.9 Å². The van der Waals surface area contributed by atoms with Gasteiger partial charge in [-0.2, -0.15) is 0 Å². The average Bonchev–Trinajstić information content (AvgIpc) is 2.27. The number of unbranched alkanes of at least 4 members (excludes halogenated alkanes) is 1. The molecule has 3 nitrogen and oxygen atoms in total. The van der Waals surface area contributed by atoms with Crippen molar-refractivity contribution in [3.05, 3.63) is 23.9 Å². The fourth-order valence-electron chi connectivity index (χ4n) is 1.71.